The van der Waals surface area contributed by atoms with Crippen molar-refractivity contribution in [1.82, 2.24) is 10.6 Å². The first kappa shape index (κ1) is 17.9. The number of alkyl carbamates (subject to hydrolysis) is 1. The van der Waals surface area contributed by atoms with Crippen molar-refractivity contribution in [2.24, 2.45) is 5.92 Å². The van der Waals surface area contributed by atoms with Crippen molar-refractivity contribution in [3.63, 3.8) is 0 Å². The summed E-state index contributed by atoms with van der Waals surface area (Å²) in [6.07, 6.45) is -0.681. The lowest BCUT2D eigenvalue weighted by molar-refractivity contribution is -0.147. The topological polar surface area (TPSA) is 93.7 Å². The molecule has 0 aliphatic carbocycles. The smallest absolute Gasteiger partial charge is 0.408 e. The Kier molecular flexibility index (Phi) is 6.31. The highest BCUT2D eigenvalue weighted by molar-refractivity contribution is 5.89. The fourth-order valence-corrected chi connectivity index (χ4v) is 2.57. The molecule has 3 unspecified atom stereocenters. The zero-order chi connectivity index (χ0) is 17.5. The molecule has 0 saturated carbocycles. The summed E-state index contributed by atoms with van der Waals surface area (Å²) in [6, 6.07) is 8.62. The van der Waals surface area contributed by atoms with Gasteiger partial charge in [0.15, 0.2) is 12.0 Å². The molecule has 24 heavy (non-hydrogen) atoms. The highest BCUT2D eigenvalue weighted by Crippen LogP contribution is 2.17. The SMILES string of the molecule is CC(=O)OC1CC(C(=O)C(C)NC(=O)OCc2ccccc2)CN1. The molecule has 1 heterocycles. The summed E-state index contributed by atoms with van der Waals surface area (Å²) < 4.78 is 10.1. The van der Waals surface area contributed by atoms with Gasteiger partial charge in [0.05, 0.1) is 6.04 Å². The summed E-state index contributed by atoms with van der Waals surface area (Å²) in [7, 11) is 0. The van der Waals surface area contributed by atoms with Crippen LogP contribution in [0.4, 0.5) is 4.79 Å². The van der Waals surface area contributed by atoms with Crippen LogP contribution in [-0.4, -0.2) is 36.7 Å². The van der Waals surface area contributed by atoms with Crippen LogP contribution in [0.2, 0.25) is 0 Å². The highest BCUT2D eigenvalue weighted by atomic mass is 16.6. The summed E-state index contributed by atoms with van der Waals surface area (Å²) in [4.78, 5) is 35.0. The third kappa shape index (κ3) is 5.34. The van der Waals surface area contributed by atoms with E-state index in [1.807, 2.05) is 30.3 Å². The van der Waals surface area contributed by atoms with E-state index >= 15 is 0 Å². The van der Waals surface area contributed by atoms with Crippen LogP contribution >= 0.6 is 0 Å². The number of benzene rings is 1. The van der Waals surface area contributed by atoms with Gasteiger partial charge < -0.3 is 14.8 Å². The minimum atomic E-state index is -0.670. The average molecular weight is 334 g/mol. The molecule has 130 valence electrons. The van der Waals surface area contributed by atoms with Crippen molar-refractivity contribution in [3.05, 3.63) is 35.9 Å². The molecule has 1 aliphatic rings. The molecule has 0 radical (unpaired) electrons. The Bertz CT molecular complexity index is 590. The monoisotopic (exact) mass is 334 g/mol. The van der Waals surface area contributed by atoms with Crippen LogP contribution in [0.5, 0.6) is 0 Å². The third-order valence-corrected chi connectivity index (χ3v) is 3.77. The predicted octanol–water partition coefficient (Wildman–Crippen LogP) is 1.37. The molecular formula is C17H22N2O5. The van der Waals surface area contributed by atoms with Crippen molar-refractivity contribution in [3.8, 4) is 0 Å². The van der Waals surface area contributed by atoms with Gasteiger partial charge in [-0.15, -0.1) is 0 Å². The van der Waals surface area contributed by atoms with Crippen molar-refractivity contribution in [2.45, 2.75) is 39.1 Å². The van der Waals surface area contributed by atoms with Gasteiger partial charge in [-0.25, -0.2) is 4.79 Å². The summed E-state index contributed by atoms with van der Waals surface area (Å²) in [5.74, 6) is -0.816. The van der Waals surface area contributed by atoms with Crippen LogP contribution < -0.4 is 10.6 Å². The molecule has 1 aromatic rings. The molecule has 2 N–H and O–H groups in total. The zero-order valence-electron chi connectivity index (χ0n) is 13.8. The predicted molar refractivity (Wildman–Crippen MR) is 85.9 cm³/mol. The van der Waals surface area contributed by atoms with Crippen molar-refractivity contribution in [2.75, 3.05) is 6.54 Å². The molecule has 1 saturated heterocycles. The number of Topliss-reactive ketones (excluding diaryl/α,β-unsaturated/α-hetero) is 1. The second-order valence-corrected chi connectivity index (χ2v) is 5.77. The number of carbonyl (C=O) groups excluding carboxylic acids is 3. The number of esters is 1. The molecule has 1 aliphatic heterocycles. The minimum absolute atomic E-state index is 0.117. The maximum absolute atomic E-state index is 12.3. The van der Waals surface area contributed by atoms with E-state index in [9.17, 15) is 14.4 Å². The molecule has 0 bridgehead atoms. The molecule has 1 fully saturated rings. The molecule has 3 atom stereocenters. The first-order chi connectivity index (χ1) is 11.5. The minimum Gasteiger partial charge on any atom is -0.447 e. The van der Waals surface area contributed by atoms with E-state index in [1.54, 1.807) is 6.92 Å². The van der Waals surface area contributed by atoms with Gasteiger partial charge in [0.2, 0.25) is 0 Å². The van der Waals surface area contributed by atoms with Gasteiger partial charge >= 0.3 is 12.1 Å². The van der Waals surface area contributed by atoms with Crippen molar-refractivity contribution >= 4 is 17.8 Å². The lowest BCUT2D eigenvalue weighted by atomic mass is 9.98. The second-order valence-electron chi connectivity index (χ2n) is 5.77. The third-order valence-electron chi connectivity index (χ3n) is 3.77. The van der Waals surface area contributed by atoms with Gasteiger partial charge in [0.1, 0.15) is 6.61 Å². The number of amides is 1. The van der Waals surface area contributed by atoms with Gasteiger partial charge in [0.25, 0.3) is 0 Å². The first-order valence-electron chi connectivity index (χ1n) is 7.87. The van der Waals surface area contributed by atoms with E-state index < -0.39 is 24.3 Å². The van der Waals surface area contributed by atoms with E-state index in [1.165, 1.54) is 6.92 Å². The van der Waals surface area contributed by atoms with Gasteiger partial charge in [-0.05, 0) is 12.5 Å². The van der Waals surface area contributed by atoms with Crippen LogP contribution in [0.15, 0.2) is 30.3 Å². The van der Waals surface area contributed by atoms with Gasteiger partial charge in [-0.1, -0.05) is 30.3 Å². The van der Waals surface area contributed by atoms with E-state index in [0.717, 1.165) is 5.56 Å². The number of nitrogens with one attached hydrogen (secondary N) is 2. The van der Waals surface area contributed by atoms with E-state index in [0.29, 0.717) is 13.0 Å². The number of rotatable bonds is 6. The molecular weight excluding hydrogens is 312 g/mol. The van der Waals surface area contributed by atoms with E-state index in [2.05, 4.69) is 10.6 Å². The Morgan fingerprint density at radius 3 is 2.67 bits per heavy atom. The summed E-state index contributed by atoms with van der Waals surface area (Å²) in [5, 5.41) is 5.50. The van der Waals surface area contributed by atoms with Crippen LogP contribution in [-0.2, 0) is 25.7 Å². The van der Waals surface area contributed by atoms with Crippen molar-refractivity contribution < 1.29 is 23.9 Å². The Labute approximate surface area is 140 Å². The summed E-state index contributed by atoms with van der Waals surface area (Å²) >= 11 is 0. The van der Waals surface area contributed by atoms with Crippen LogP contribution in [0.25, 0.3) is 0 Å². The number of ketones is 1. The van der Waals surface area contributed by atoms with Gasteiger partial charge in [0, 0.05) is 25.8 Å². The number of ether oxygens (including phenoxy) is 2. The van der Waals surface area contributed by atoms with Gasteiger partial charge in [-0.3, -0.25) is 14.9 Å². The fraction of sp³-hybridized carbons (Fsp3) is 0.471. The summed E-state index contributed by atoms with van der Waals surface area (Å²) in [5.41, 5.74) is 0.871. The van der Waals surface area contributed by atoms with Crippen molar-refractivity contribution in [1.29, 1.82) is 0 Å². The standard InChI is InChI=1S/C17H22N2O5/c1-11(16(21)14-8-15(18-9-14)24-12(2)20)19-17(22)23-10-13-6-4-3-5-7-13/h3-7,11,14-15,18H,8-10H2,1-2H3,(H,19,22). The molecule has 1 aromatic carbocycles. The lowest BCUT2D eigenvalue weighted by Gasteiger charge is -2.16. The lowest BCUT2D eigenvalue weighted by Crippen LogP contribution is -2.42. The quantitative estimate of drug-likeness (QED) is 0.763. The number of carbonyl (C=O) groups is 3. The normalized spacial score (nSPS) is 20.9. The number of hydrogen-bond donors (Lipinski definition) is 2. The molecule has 0 spiro atoms. The second kappa shape index (κ2) is 8.44. The maximum atomic E-state index is 12.3. The Balaban J connectivity index is 1.75. The molecule has 2 rings (SSSR count). The van der Waals surface area contributed by atoms with Crippen LogP contribution in [0.1, 0.15) is 25.8 Å². The Hall–Kier alpha value is -2.41. The average Bonchev–Trinajstić information content (AvgIpc) is 3.00. The zero-order valence-corrected chi connectivity index (χ0v) is 13.8. The number of hydrogen-bond acceptors (Lipinski definition) is 6. The molecule has 0 aromatic heterocycles. The van der Waals surface area contributed by atoms with Crippen LogP contribution in [0, 0.1) is 5.92 Å². The Morgan fingerprint density at radius 1 is 1.29 bits per heavy atom. The highest BCUT2D eigenvalue weighted by Gasteiger charge is 2.34. The Morgan fingerprint density at radius 2 is 2.00 bits per heavy atom. The van der Waals surface area contributed by atoms with Crippen LogP contribution in [0.3, 0.4) is 0 Å². The molecule has 7 nitrogen and oxygen atoms in total. The molecule has 7 heteroatoms. The van der Waals surface area contributed by atoms with Gasteiger partial charge in [-0.2, -0.15) is 0 Å². The van der Waals surface area contributed by atoms with E-state index in [4.69, 9.17) is 9.47 Å². The largest absolute Gasteiger partial charge is 0.447 e. The summed E-state index contributed by atoms with van der Waals surface area (Å²) in [6.45, 7) is 3.50. The fourth-order valence-electron chi connectivity index (χ4n) is 2.57. The first-order valence-corrected chi connectivity index (χ1v) is 7.87. The van der Waals surface area contributed by atoms with E-state index in [-0.39, 0.29) is 18.3 Å². The maximum Gasteiger partial charge on any atom is 0.408 e. The molecule has 1 amide bonds.